The molecule has 0 radical (unpaired) electrons. The minimum Gasteiger partial charge on any atom is -0.467 e. The zero-order chi connectivity index (χ0) is 19.5. The number of para-hydroxylation sites is 1. The van der Waals surface area contributed by atoms with Gasteiger partial charge in [0, 0.05) is 36.1 Å². The molecule has 5 heteroatoms. The number of rotatable bonds is 5. The van der Waals surface area contributed by atoms with Crippen molar-refractivity contribution < 1.29 is 14.3 Å². The van der Waals surface area contributed by atoms with Gasteiger partial charge in [-0.1, -0.05) is 48.5 Å². The number of allylic oxidation sites excluding steroid dienone is 1. The first-order chi connectivity index (χ1) is 13.7. The summed E-state index contributed by atoms with van der Waals surface area (Å²) < 4.78 is 5.13. The van der Waals surface area contributed by atoms with E-state index in [2.05, 4.69) is 4.98 Å². The van der Waals surface area contributed by atoms with E-state index in [1.165, 1.54) is 7.11 Å². The highest BCUT2D eigenvalue weighted by Gasteiger charge is 2.34. The number of carbonyl (C=O) groups is 2. The lowest BCUT2D eigenvalue weighted by Gasteiger charge is -2.38. The van der Waals surface area contributed by atoms with E-state index in [0.29, 0.717) is 12.8 Å². The molecule has 0 spiro atoms. The van der Waals surface area contributed by atoms with Crippen LogP contribution in [0.25, 0.3) is 10.9 Å². The van der Waals surface area contributed by atoms with E-state index in [4.69, 9.17) is 4.74 Å². The Labute approximate surface area is 163 Å². The number of fused-ring (bicyclic) bond motifs is 1. The zero-order valence-corrected chi connectivity index (χ0v) is 15.7. The quantitative estimate of drug-likeness (QED) is 0.691. The molecular weight excluding hydrogens is 352 g/mol. The van der Waals surface area contributed by atoms with Crippen molar-refractivity contribution in [2.24, 2.45) is 0 Å². The maximum atomic E-state index is 12.7. The number of benzene rings is 2. The number of hydrogen-bond acceptors (Lipinski definition) is 4. The highest BCUT2D eigenvalue weighted by atomic mass is 16.5. The molecule has 1 N–H and O–H groups in total. The number of nitrogens with zero attached hydrogens (tertiary/aromatic N) is 1. The number of hydrogen-bond donors (Lipinski definition) is 1. The fourth-order valence-corrected chi connectivity index (χ4v) is 3.88. The largest absolute Gasteiger partial charge is 0.467 e. The SMILES string of the molecule is COC(=O)C(Cc1c[nH]c2ccccc12)N1C=CC(=O)C[C@H]1c1ccccc1. The van der Waals surface area contributed by atoms with E-state index < -0.39 is 6.04 Å². The Morgan fingerprint density at radius 3 is 2.71 bits per heavy atom. The van der Waals surface area contributed by atoms with Gasteiger partial charge in [-0.05, 0) is 23.3 Å². The van der Waals surface area contributed by atoms with Crippen LogP contribution in [-0.4, -0.2) is 34.8 Å². The Balaban J connectivity index is 1.72. The fraction of sp³-hybridized carbons (Fsp3) is 0.217. The molecule has 0 aliphatic carbocycles. The molecule has 3 aromatic rings. The molecule has 1 aliphatic rings. The second kappa shape index (κ2) is 7.72. The summed E-state index contributed by atoms with van der Waals surface area (Å²) in [5.41, 5.74) is 3.08. The van der Waals surface area contributed by atoms with Gasteiger partial charge in [-0.15, -0.1) is 0 Å². The Bertz CT molecular complexity index is 1020. The topological polar surface area (TPSA) is 62.4 Å². The van der Waals surface area contributed by atoms with Crippen molar-refractivity contribution in [3.05, 3.63) is 84.2 Å². The van der Waals surface area contributed by atoms with Crippen molar-refractivity contribution in [2.75, 3.05) is 7.11 Å². The molecule has 1 aliphatic heterocycles. The third kappa shape index (κ3) is 3.43. The first kappa shape index (κ1) is 18.0. The summed E-state index contributed by atoms with van der Waals surface area (Å²) in [6, 6.07) is 17.1. The standard InChI is InChI=1S/C23H22N2O3/c1-28-23(27)22(13-17-15-24-20-10-6-5-9-19(17)20)25-12-11-18(26)14-21(25)16-7-3-2-4-8-16/h2-12,15,21-22,24H,13-14H2,1H3/t21-,22?/m0/s1. The minimum absolute atomic E-state index is 0.0563. The lowest BCUT2D eigenvalue weighted by molar-refractivity contribution is -0.147. The van der Waals surface area contributed by atoms with Gasteiger partial charge in [0.15, 0.2) is 5.78 Å². The van der Waals surface area contributed by atoms with Gasteiger partial charge in [-0.25, -0.2) is 4.79 Å². The molecule has 2 aromatic carbocycles. The molecule has 142 valence electrons. The summed E-state index contributed by atoms with van der Waals surface area (Å²) in [7, 11) is 1.40. The van der Waals surface area contributed by atoms with Gasteiger partial charge in [-0.3, -0.25) is 4.79 Å². The van der Waals surface area contributed by atoms with Crippen LogP contribution in [0.5, 0.6) is 0 Å². The Hall–Kier alpha value is -3.34. The third-order valence-electron chi connectivity index (χ3n) is 5.29. The van der Waals surface area contributed by atoms with Crippen molar-refractivity contribution >= 4 is 22.7 Å². The molecule has 0 amide bonds. The molecule has 0 fully saturated rings. The van der Waals surface area contributed by atoms with E-state index >= 15 is 0 Å². The second-order valence-corrected chi connectivity index (χ2v) is 6.96. The molecule has 1 aromatic heterocycles. The monoisotopic (exact) mass is 374 g/mol. The van der Waals surface area contributed by atoms with E-state index in [0.717, 1.165) is 22.0 Å². The Morgan fingerprint density at radius 1 is 1.18 bits per heavy atom. The van der Waals surface area contributed by atoms with Crippen molar-refractivity contribution in [3.63, 3.8) is 0 Å². The second-order valence-electron chi connectivity index (χ2n) is 6.96. The van der Waals surface area contributed by atoms with Crippen molar-refractivity contribution in [1.82, 2.24) is 9.88 Å². The van der Waals surface area contributed by atoms with Crippen LogP contribution in [0.3, 0.4) is 0 Å². The number of methoxy groups -OCH3 is 1. The van der Waals surface area contributed by atoms with Gasteiger partial charge in [0.25, 0.3) is 0 Å². The lowest BCUT2D eigenvalue weighted by Crippen LogP contribution is -2.44. The van der Waals surface area contributed by atoms with Crippen molar-refractivity contribution in [3.8, 4) is 0 Å². The number of nitrogens with one attached hydrogen (secondary N) is 1. The number of aromatic nitrogens is 1. The smallest absolute Gasteiger partial charge is 0.328 e. The summed E-state index contributed by atoms with van der Waals surface area (Å²) in [4.78, 5) is 30.1. The minimum atomic E-state index is -0.529. The van der Waals surface area contributed by atoms with Gasteiger partial charge in [0.2, 0.25) is 0 Å². The summed E-state index contributed by atoms with van der Waals surface area (Å²) >= 11 is 0. The van der Waals surface area contributed by atoms with Crippen LogP contribution < -0.4 is 0 Å². The van der Waals surface area contributed by atoms with Crippen molar-refractivity contribution in [1.29, 1.82) is 0 Å². The number of aromatic amines is 1. The average molecular weight is 374 g/mol. The molecule has 0 saturated carbocycles. The maximum absolute atomic E-state index is 12.7. The summed E-state index contributed by atoms with van der Waals surface area (Å²) in [6.07, 6.45) is 6.04. The van der Waals surface area contributed by atoms with Crippen LogP contribution >= 0.6 is 0 Å². The third-order valence-corrected chi connectivity index (χ3v) is 5.29. The van der Waals surface area contributed by atoms with Crippen LogP contribution in [-0.2, 0) is 20.7 Å². The highest BCUT2D eigenvalue weighted by Crippen LogP contribution is 2.32. The fourth-order valence-electron chi connectivity index (χ4n) is 3.88. The summed E-state index contributed by atoms with van der Waals surface area (Å²) in [5.74, 6) is -0.258. The zero-order valence-electron chi connectivity index (χ0n) is 15.7. The van der Waals surface area contributed by atoms with Crippen LogP contribution in [0, 0.1) is 0 Å². The molecule has 2 heterocycles. The van der Waals surface area contributed by atoms with Crippen LogP contribution in [0.2, 0.25) is 0 Å². The Morgan fingerprint density at radius 2 is 1.93 bits per heavy atom. The number of H-pyrrole nitrogens is 1. The van der Waals surface area contributed by atoms with E-state index in [9.17, 15) is 9.59 Å². The normalized spacial score (nSPS) is 17.7. The molecule has 0 saturated heterocycles. The molecule has 2 atom stereocenters. The first-order valence-electron chi connectivity index (χ1n) is 9.33. The van der Waals surface area contributed by atoms with Crippen LogP contribution in [0.15, 0.2) is 73.1 Å². The van der Waals surface area contributed by atoms with Gasteiger partial charge in [-0.2, -0.15) is 0 Å². The molecule has 28 heavy (non-hydrogen) atoms. The first-order valence-corrected chi connectivity index (χ1v) is 9.33. The highest BCUT2D eigenvalue weighted by molar-refractivity contribution is 5.91. The van der Waals surface area contributed by atoms with Crippen molar-refractivity contribution in [2.45, 2.75) is 24.9 Å². The molecule has 1 unspecified atom stereocenters. The maximum Gasteiger partial charge on any atom is 0.328 e. The van der Waals surface area contributed by atoms with Gasteiger partial charge >= 0.3 is 5.97 Å². The molecule has 4 rings (SSSR count). The number of ether oxygens (including phenoxy) is 1. The predicted molar refractivity (Wildman–Crippen MR) is 108 cm³/mol. The average Bonchev–Trinajstić information content (AvgIpc) is 3.15. The molecule has 5 nitrogen and oxygen atoms in total. The summed E-state index contributed by atoms with van der Waals surface area (Å²) in [6.45, 7) is 0. The van der Waals surface area contributed by atoms with Gasteiger partial charge in [0.05, 0.1) is 13.2 Å². The van der Waals surface area contributed by atoms with E-state index in [1.807, 2.05) is 65.7 Å². The summed E-state index contributed by atoms with van der Waals surface area (Å²) in [5, 5.41) is 1.09. The van der Waals surface area contributed by atoms with Crippen LogP contribution in [0.4, 0.5) is 0 Å². The van der Waals surface area contributed by atoms with Gasteiger partial charge < -0.3 is 14.6 Å². The number of carbonyl (C=O) groups excluding carboxylic acids is 2. The lowest BCUT2D eigenvalue weighted by atomic mass is 9.93. The number of esters is 1. The predicted octanol–water partition coefficient (Wildman–Crippen LogP) is 3.78. The van der Waals surface area contributed by atoms with Crippen LogP contribution in [0.1, 0.15) is 23.6 Å². The van der Waals surface area contributed by atoms with E-state index in [1.54, 1.807) is 12.3 Å². The Kier molecular flexibility index (Phi) is 4.98. The number of ketones is 1. The van der Waals surface area contributed by atoms with E-state index in [-0.39, 0.29) is 17.8 Å². The molecule has 0 bridgehead atoms. The molecular formula is C23H22N2O3. The van der Waals surface area contributed by atoms with Gasteiger partial charge in [0.1, 0.15) is 6.04 Å².